The van der Waals surface area contributed by atoms with E-state index in [-0.39, 0.29) is 0 Å². The second-order valence-electron chi connectivity index (χ2n) is 2.98. The molecule has 0 radical (unpaired) electrons. The van der Waals surface area contributed by atoms with E-state index in [4.69, 9.17) is 34.8 Å². The molecule has 0 bridgehead atoms. The maximum Gasteiger partial charge on any atom is 0.171 e. The summed E-state index contributed by atoms with van der Waals surface area (Å²) in [5.41, 5.74) is 0.708. The number of anilines is 2. The summed E-state index contributed by atoms with van der Waals surface area (Å²) < 4.78 is 0. The molecule has 1 aromatic carbocycles. The first-order valence-electron chi connectivity index (χ1n) is 4.35. The third-order valence-corrected chi connectivity index (χ3v) is 2.49. The summed E-state index contributed by atoms with van der Waals surface area (Å²) in [7, 11) is 0. The molecular formula is C10H6Cl3N3. The smallest absolute Gasteiger partial charge is 0.171 e. The SMILES string of the molecule is Clc1cc(Cl)cc(Nc2nccnc2Cl)c1. The Kier molecular flexibility index (Phi) is 3.49. The van der Waals surface area contributed by atoms with Gasteiger partial charge in [0.1, 0.15) is 0 Å². The molecule has 1 N–H and O–H groups in total. The maximum absolute atomic E-state index is 5.86. The van der Waals surface area contributed by atoms with Crippen molar-refractivity contribution in [3.8, 4) is 0 Å². The van der Waals surface area contributed by atoms with Crippen molar-refractivity contribution in [1.29, 1.82) is 0 Å². The Bertz CT molecular complexity index is 496. The number of halogens is 3. The molecule has 0 aliphatic rings. The van der Waals surface area contributed by atoms with Gasteiger partial charge in [-0.05, 0) is 18.2 Å². The Morgan fingerprint density at radius 3 is 2.12 bits per heavy atom. The van der Waals surface area contributed by atoms with E-state index in [2.05, 4.69) is 15.3 Å². The van der Waals surface area contributed by atoms with Crippen LogP contribution in [-0.2, 0) is 0 Å². The zero-order valence-corrected chi connectivity index (χ0v) is 10.2. The first kappa shape index (κ1) is 11.5. The number of aromatic nitrogens is 2. The van der Waals surface area contributed by atoms with Crippen LogP contribution in [0, 0.1) is 0 Å². The number of nitrogens with zero attached hydrogens (tertiary/aromatic N) is 2. The molecule has 0 aliphatic carbocycles. The monoisotopic (exact) mass is 273 g/mol. The van der Waals surface area contributed by atoms with E-state index in [0.717, 1.165) is 0 Å². The van der Waals surface area contributed by atoms with Crippen LogP contribution >= 0.6 is 34.8 Å². The fourth-order valence-electron chi connectivity index (χ4n) is 1.17. The van der Waals surface area contributed by atoms with Crippen molar-refractivity contribution >= 4 is 46.3 Å². The largest absolute Gasteiger partial charge is 0.338 e. The van der Waals surface area contributed by atoms with Gasteiger partial charge in [0.15, 0.2) is 11.0 Å². The Morgan fingerprint density at radius 1 is 0.875 bits per heavy atom. The lowest BCUT2D eigenvalue weighted by molar-refractivity contribution is 1.20. The van der Waals surface area contributed by atoms with E-state index in [9.17, 15) is 0 Å². The van der Waals surface area contributed by atoms with E-state index in [1.807, 2.05) is 0 Å². The Balaban J connectivity index is 2.30. The average Bonchev–Trinajstić information content (AvgIpc) is 2.20. The summed E-state index contributed by atoms with van der Waals surface area (Å²) in [4.78, 5) is 7.94. The topological polar surface area (TPSA) is 37.8 Å². The molecule has 0 saturated heterocycles. The second-order valence-corrected chi connectivity index (χ2v) is 4.21. The molecule has 82 valence electrons. The lowest BCUT2D eigenvalue weighted by Gasteiger charge is -2.07. The highest BCUT2D eigenvalue weighted by molar-refractivity contribution is 6.35. The van der Waals surface area contributed by atoms with Crippen molar-refractivity contribution < 1.29 is 0 Å². The molecule has 3 nitrogen and oxygen atoms in total. The van der Waals surface area contributed by atoms with Crippen molar-refractivity contribution in [2.24, 2.45) is 0 Å². The normalized spacial score (nSPS) is 10.2. The first-order chi connectivity index (χ1) is 7.65. The van der Waals surface area contributed by atoms with Crippen LogP contribution in [0.4, 0.5) is 11.5 Å². The third-order valence-electron chi connectivity index (χ3n) is 1.78. The number of rotatable bonds is 2. The lowest BCUT2D eigenvalue weighted by atomic mass is 10.3. The summed E-state index contributed by atoms with van der Waals surface area (Å²) >= 11 is 17.6. The molecular weight excluding hydrogens is 268 g/mol. The van der Waals surface area contributed by atoms with Crippen molar-refractivity contribution in [1.82, 2.24) is 9.97 Å². The van der Waals surface area contributed by atoms with Crippen molar-refractivity contribution in [3.05, 3.63) is 45.8 Å². The average molecular weight is 275 g/mol. The van der Waals surface area contributed by atoms with Crippen molar-refractivity contribution in [2.75, 3.05) is 5.32 Å². The first-order valence-corrected chi connectivity index (χ1v) is 5.48. The molecule has 0 amide bonds. The lowest BCUT2D eigenvalue weighted by Crippen LogP contribution is -1.95. The fraction of sp³-hybridized carbons (Fsp3) is 0. The van der Waals surface area contributed by atoms with Crippen LogP contribution in [0.25, 0.3) is 0 Å². The summed E-state index contributed by atoms with van der Waals surface area (Å²) in [6.07, 6.45) is 3.05. The van der Waals surface area contributed by atoms with Crippen molar-refractivity contribution in [3.63, 3.8) is 0 Å². The van der Waals surface area contributed by atoms with Gasteiger partial charge >= 0.3 is 0 Å². The number of nitrogens with one attached hydrogen (secondary N) is 1. The summed E-state index contributed by atoms with van der Waals surface area (Å²) in [5, 5.41) is 4.34. The summed E-state index contributed by atoms with van der Waals surface area (Å²) in [5.74, 6) is 0.461. The fourth-order valence-corrected chi connectivity index (χ4v) is 1.85. The molecule has 2 rings (SSSR count). The zero-order valence-electron chi connectivity index (χ0n) is 7.92. The van der Waals surface area contributed by atoms with Gasteiger partial charge in [0, 0.05) is 28.1 Å². The molecule has 1 heterocycles. The highest BCUT2D eigenvalue weighted by Crippen LogP contribution is 2.26. The zero-order chi connectivity index (χ0) is 11.5. The minimum atomic E-state index is 0.290. The summed E-state index contributed by atoms with van der Waals surface area (Å²) in [6, 6.07) is 5.09. The molecule has 16 heavy (non-hydrogen) atoms. The quantitative estimate of drug-likeness (QED) is 0.892. The molecule has 6 heteroatoms. The Morgan fingerprint density at radius 2 is 1.50 bits per heavy atom. The predicted molar refractivity (Wildman–Crippen MR) is 66.8 cm³/mol. The van der Waals surface area contributed by atoms with Gasteiger partial charge < -0.3 is 5.32 Å². The molecule has 1 aromatic heterocycles. The number of hydrogen-bond donors (Lipinski definition) is 1. The van der Waals surface area contributed by atoms with E-state index in [0.29, 0.717) is 26.7 Å². The van der Waals surface area contributed by atoms with E-state index in [1.54, 1.807) is 24.4 Å². The standard InChI is InChI=1S/C10H6Cl3N3/c11-6-3-7(12)5-8(4-6)16-10-9(13)14-1-2-15-10/h1-5H,(H,15,16). The van der Waals surface area contributed by atoms with Crippen LogP contribution in [0.5, 0.6) is 0 Å². The molecule has 0 atom stereocenters. The van der Waals surface area contributed by atoms with Crippen LogP contribution in [0.1, 0.15) is 0 Å². The van der Waals surface area contributed by atoms with Gasteiger partial charge in [-0.15, -0.1) is 0 Å². The van der Waals surface area contributed by atoms with Gasteiger partial charge in [-0.3, -0.25) is 0 Å². The van der Waals surface area contributed by atoms with Crippen LogP contribution in [0.3, 0.4) is 0 Å². The van der Waals surface area contributed by atoms with Crippen LogP contribution < -0.4 is 5.32 Å². The number of hydrogen-bond acceptors (Lipinski definition) is 3. The van der Waals surface area contributed by atoms with Gasteiger partial charge in [-0.25, -0.2) is 9.97 Å². The molecule has 0 saturated carbocycles. The van der Waals surface area contributed by atoms with Crippen LogP contribution in [0.15, 0.2) is 30.6 Å². The third kappa shape index (κ3) is 2.76. The van der Waals surface area contributed by atoms with Gasteiger partial charge in [-0.2, -0.15) is 0 Å². The minimum Gasteiger partial charge on any atom is -0.338 e. The molecule has 0 fully saturated rings. The van der Waals surface area contributed by atoms with Gasteiger partial charge in [-0.1, -0.05) is 34.8 Å². The van der Waals surface area contributed by atoms with Gasteiger partial charge in [0.05, 0.1) is 0 Å². The Labute approximate surface area is 107 Å². The van der Waals surface area contributed by atoms with Crippen molar-refractivity contribution in [2.45, 2.75) is 0 Å². The highest BCUT2D eigenvalue weighted by Gasteiger charge is 2.03. The van der Waals surface area contributed by atoms with Crippen LogP contribution in [0.2, 0.25) is 15.2 Å². The van der Waals surface area contributed by atoms with E-state index in [1.165, 1.54) is 6.20 Å². The van der Waals surface area contributed by atoms with Gasteiger partial charge in [0.25, 0.3) is 0 Å². The predicted octanol–water partition coefficient (Wildman–Crippen LogP) is 4.18. The highest BCUT2D eigenvalue weighted by atomic mass is 35.5. The van der Waals surface area contributed by atoms with E-state index < -0.39 is 0 Å². The molecule has 2 aromatic rings. The second kappa shape index (κ2) is 4.87. The van der Waals surface area contributed by atoms with Gasteiger partial charge in [0.2, 0.25) is 0 Å². The Hall–Kier alpha value is -1.03. The number of benzene rings is 1. The molecule has 0 aliphatic heterocycles. The molecule has 0 spiro atoms. The van der Waals surface area contributed by atoms with E-state index >= 15 is 0 Å². The van der Waals surface area contributed by atoms with Crippen LogP contribution in [-0.4, -0.2) is 9.97 Å². The molecule has 0 unspecified atom stereocenters. The maximum atomic E-state index is 5.86. The minimum absolute atomic E-state index is 0.290. The summed E-state index contributed by atoms with van der Waals surface area (Å²) in [6.45, 7) is 0.